The Morgan fingerprint density at radius 3 is 2.86 bits per heavy atom. The zero-order chi connectivity index (χ0) is 14.7. The molecule has 1 aromatic carbocycles. The summed E-state index contributed by atoms with van der Waals surface area (Å²) in [6.45, 7) is 0. The summed E-state index contributed by atoms with van der Waals surface area (Å²) in [6.07, 6.45) is 3.39. The number of benzene rings is 1. The van der Waals surface area contributed by atoms with E-state index in [4.69, 9.17) is 4.74 Å². The molecule has 0 amide bonds. The molecule has 3 aromatic rings. The molecule has 0 unspecified atom stereocenters. The van der Waals surface area contributed by atoms with Crippen molar-refractivity contribution in [2.24, 2.45) is 0 Å². The van der Waals surface area contributed by atoms with Crippen LogP contribution in [0.2, 0.25) is 0 Å². The molecule has 2 heterocycles. The molecule has 0 spiro atoms. The third kappa shape index (κ3) is 2.67. The fourth-order valence-electron chi connectivity index (χ4n) is 2.07. The van der Waals surface area contributed by atoms with E-state index < -0.39 is 0 Å². The summed E-state index contributed by atoms with van der Waals surface area (Å²) in [5, 5.41) is 4.12. The van der Waals surface area contributed by atoms with Gasteiger partial charge in [-0.25, -0.2) is 14.8 Å². The second-order valence-electron chi connectivity index (χ2n) is 4.44. The molecule has 0 aliphatic carbocycles. The van der Waals surface area contributed by atoms with Gasteiger partial charge in [-0.1, -0.05) is 12.1 Å². The lowest BCUT2D eigenvalue weighted by atomic mass is 10.1. The number of hydrogen-bond acceptors (Lipinski definition) is 5. The van der Waals surface area contributed by atoms with Gasteiger partial charge in [0.2, 0.25) is 0 Å². The van der Waals surface area contributed by atoms with Gasteiger partial charge in [0.25, 0.3) is 0 Å². The number of carbonyl (C=O) groups excluding carboxylic acids is 1. The first-order valence-corrected chi connectivity index (χ1v) is 6.43. The molecule has 5 nitrogen and oxygen atoms in total. The van der Waals surface area contributed by atoms with Gasteiger partial charge in [-0.2, -0.15) is 0 Å². The molecule has 3 rings (SSSR count). The molecular weight excluding hydrogens is 266 g/mol. The summed E-state index contributed by atoms with van der Waals surface area (Å²) in [4.78, 5) is 20.2. The molecule has 0 aliphatic heterocycles. The predicted molar refractivity (Wildman–Crippen MR) is 80.6 cm³/mol. The van der Waals surface area contributed by atoms with E-state index in [2.05, 4.69) is 15.3 Å². The van der Waals surface area contributed by atoms with Gasteiger partial charge < -0.3 is 10.1 Å². The molecule has 2 aromatic heterocycles. The minimum Gasteiger partial charge on any atom is -0.465 e. The van der Waals surface area contributed by atoms with Crippen LogP contribution in [-0.2, 0) is 4.74 Å². The van der Waals surface area contributed by atoms with E-state index >= 15 is 0 Å². The van der Waals surface area contributed by atoms with Crippen molar-refractivity contribution in [1.82, 2.24) is 9.97 Å². The number of nitrogens with one attached hydrogen (secondary N) is 1. The standard InChI is InChI=1S/C16H13N3O2/c1-21-16(20)13-6-2-3-7-14(13)19-12-9-11-5-4-8-17-15(11)18-10-12/h2-10,19H,1H3. The largest absolute Gasteiger partial charge is 0.465 e. The van der Waals surface area contributed by atoms with Crippen molar-refractivity contribution in [3.8, 4) is 0 Å². The molecule has 0 aliphatic rings. The number of ether oxygens (including phenoxy) is 1. The Balaban J connectivity index is 1.97. The smallest absolute Gasteiger partial charge is 0.339 e. The fourth-order valence-corrected chi connectivity index (χ4v) is 2.07. The van der Waals surface area contributed by atoms with Crippen LogP contribution in [0.1, 0.15) is 10.4 Å². The van der Waals surface area contributed by atoms with E-state index in [1.165, 1.54) is 7.11 Å². The lowest BCUT2D eigenvalue weighted by molar-refractivity contribution is 0.0602. The minimum absolute atomic E-state index is 0.381. The van der Waals surface area contributed by atoms with E-state index in [9.17, 15) is 4.79 Å². The molecule has 1 N–H and O–H groups in total. The van der Waals surface area contributed by atoms with E-state index in [1.807, 2.05) is 30.3 Å². The van der Waals surface area contributed by atoms with Crippen molar-refractivity contribution in [2.45, 2.75) is 0 Å². The Morgan fingerprint density at radius 2 is 2.00 bits per heavy atom. The number of fused-ring (bicyclic) bond motifs is 1. The Morgan fingerprint density at radius 1 is 1.14 bits per heavy atom. The number of nitrogens with zero attached hydrogens (tertiary/aromatic N) is 2. The molecule has 0 radical (unpaired) electrons. The second kappa shape index (κ2) is 5.58. The topological polar surface area (TPSA) is 64.1 Å². The van der Waals surface area contributed by atoms with Gasteiger partial charge in [0, 0.05) is 11.6 Å². The molecular formula is C16H13N3O2. The number of rotatable bonds is 3. The van der Waals surface area contributed by atoms with Gasteiger partial charge in [-0.05, 0) is 30.3 Å². The first kappa shape index (κ1) is 13.1. The number of carbonyl (C=O) groups is 1. The normalized spacial score (nSPS) is 10.3. The van der Waals surface area contributed by atoms with E-state index in [-0.39, 0.29) is 5.97 Å². The summed E-state index contributed by atoms with van der Waals surface area (Å²) in [5.74, 6) is -0.381. The zero-order valence-corrected chi connectivity index (χ0v) is 11.4. The Bertz CT molecular complexity index is 802. The van der Waals surface area contributed by atoms with Crippen LogP contribution in [-0.4, -0.2) is 23.0 Å². The quantitative estimate of drug-likeness (QED) is 0.746. The van der Waals surface area contributed by atoms with Crippen LogP contribution in [0.3, 0.4) is 0 Å². The maximum atomic E-state index is 11.7. The monoisotopic (exact) mass is 279 g/mol. The molecule has 0 fully saturated rings. The summed E-state index contributed by atoms with van der Waals surface area (Å²) in [7, 11) is 1.36. The van der Waals surface area contributed by atoms with E-state index in [0.29, 0.717) is 16.9 Å². The van der Waals surface area contributed by atoms with Crippen molar-refractivity contribution in [2.75, 3.05) is 12.4 Å². The first-order valence-electron chi connectivity index (χ1n) is 6.43. The van der Waals surface area contributed by atoms with Crippen LogP contribution in [0.15, 0.2) is 54.9 Å². The van der Waals surface area contributed by atoms with Crippen LogP contribution < -0.4 is 5.32 Å². The number of hydrogen-bond donors (Lipinski definition) is 1. The van der Waals surface area contributed by atoms with Gasteiger partial charge >= 0.3 is 5.97 Å². The number of esters is 1. The molecule has 0 bridgehead atoms. The van der Waals surface area contributed by atoms with Crippen LogP contribution in [0, 0.1) is 0 Å². The summed E-state index contributed by atoms with van der Waals surface area (Å²) >= 11 is 0. The van der Waals surface area contributed by atoms with Gasteiger partial charge in [-0.3, -0.25) is 0 Å². The second-order valence-corrected chi connectivity index (χ2v) is 4.44. The number of pyridine rings is 2. The van der Waals surface area contributed by atoms with Crippen molar-refractivity contribution in [3.63, 3.8) is 0 Å². The summed E-state index contributed by atoms with van der Waals surface area (Å²) in [5.41, 5.74) is 2.62. The third-order valence-corrected chi connectivity index (χ3v) is 3.07. The Labute approximate surface area is 121 Å². The highest BCUT2D eigenvalue weighted by Crippen LogP contribution is 2.23. The number of methoxy groups -OCH3 is 1. The number of anilines is 2. The summed E-state index contributed by atoms with van der Waals surface area (Å²) in [6, 6.07) is 12.9. The molecule has 104 valence electrons. The lowest BCUT2D eigenvalue weighted by Gasteiger charge is -2.10. The van der Waals surface area contributed by atoms with Crippen LogP contribution in [0.25, 0.3) is 11.0 Å². The maximum absolute atomic E-state index is 11.7. The number of aromatic nitrogens is 2. The molecule has 0 saturated heterocycles. The highest BCUT2D eigenvalue weighted by atomic mass is 16.5. The average Bonchev–Trinajstić information content (AvgIpc) is 2.54. The van der Waals surface area contributed by atoms with Crippen LogP contribution in [0.5, 0.6) is 0 Å². The summed E-state index contributed by atoms with van der Waals surface area (Å²) < 4.78 is 4.78. The van der Waals surface area contributed by atoms with Gasteiger partial charge in [0.05, 0.1) is 30.2 Å². The molecule has 21 heavy (non-hydrogen) atoms. The average molecular weight is 279 g/mol. The van der Waals surface area contributed by atoms with Crippen molar-refractivity contribution in [1.29, 1.82) is 0 Å². The van der Waals surface area contributed by atoms with Crippen molar-refractivity contribution in [3.05, 3.63) is 60.4 Å². The van der Waals surface area contributed by atoms with Gasteiger partial charge in [0.15, 0.2) is 5.65 Å². The number of para-hydroxylation sites is 1. The Hall–Kier alpha value is -2.95. The SMILES string of the molecule is COC(=O)c1ccccc1Nc1cnc2ncccc2c1. The van der Waals surface area contributed by atoms with Crippen molar-refractivity contribution >= 4 is 28.4 Å². The van der Waals surface area contributed by atoms with Crippen molar-refractivity contribution < 1.29 is 9.53 Å². The van der Waals surface area contributed by atoms with Gasteiger partial charge in [0.1, 0.15) is 0 Å². The Kier molecular flexibility index (Phi) is 3.47. The zero-order valence-electron chi connectivity index (χ0n) is 11.4. The van der Waals surface area contributed by atoms with Crippen LogP contribution in [0.4, 0.5) is 11.4 Å². The third-order valence-electron chi connectivity index (χ3n) is 3.07. The van der Waals surface area contributed by atoms with Gasteiger partial charge in [-0.15, -0.1) is 0 Å². The maximum Gasteiger partial charge on any atom is 0.339 e. The van der Waals surface area contributed by atoms with Crippen LogP contribution >= 0.6 is 0 Å². The minimum atomic E-state index is -0.381. The first-order chi connectivity index (χ1) is 10.3. The highest BCUT2D eigenvalue weighted by Gasteiger charge is 2.11. The fraction of sp³-hybridized carbons (Fsp3) is 0.0625. The molecule has 0 atom stereocenters. The predicted octanol–water partition coefficient (Wildman–Crippen LogP) is 3.16. The molecule has 0 saturated carbocycles. The molecule has 5 heteroatoms. The lowest BCUT2D eigenvalue weighted by Crippen LogP contribution is -2.05. The van der Waals surface area contributed by atoms with E-state index in [1.54, 1.807) is 24.5 Å². The van der Waals surface area contributed by atoms with E-state index in [0.717, 1.165) is 11.1 Å². The highest BCUT2D eigenvalue weighted by molar-refractivity contribution is 5.96.